The van der Waals surface area contributed by atoms with Crippen LogP contribution in [0.2, 0.25) is 0 Å². The van der Waals surface area contributed by atoms with E-state index in [-0.39, 0.29) is 18.5 Å². The minimum atomic E-state index is -0.437. The molecule has 0 bridgehead atoms. The predicted octanol–water partition coefficient (Wildman–Crippen LogP) is 4.55. The van der Waals surface area contributed by atoms with Crippen LogP contribution in [0.15, 0.2) is 61.2 Å². The van der Waals surface area contributed by atoms with E-state index < -0.39 is 5.97 Å². The summed E-state index contributed by atoms with van der Waals surface area (Å²) in [5.41, 5.74) is 14.4. The number of ether oxygens (including phenoxy) is 2. The van der Waals surface area contributed by atoms with Crippen LogP contribution in [0.25, 0.3) is 6.08 Å². The van der Waals surface area contributed by atoms with Crippen molar-refractivity contribution < 1.29 is 19.1 Å². The molecule has 1 fully saturated rings. The van der Waals surface area contributed by atoms with E-state index in [1.54, 1.807) is 48.5 Å². The number of anilines is 2. The van der Waals surface area contributed by atoms with Gasteiger partial charge in [-0.05, 0) is 79.1 Å². The van der Waals surface area contributed by atoms with Gasteiger partial charge in [-0.15, -0.1) is 6.58 Å². The van der Waals surface area contributed by atoms with Crippen LogP contribution < -0.4 is 16.2 Å². The van der Waals surface area contributed by atoms with Crippen molar-refractivity contribution in [2.24, 2.45) is 11.8 Å². The first kappa shape index (κ1) is 23.1. The Morgan fingerprint density at radius 1 is 1.00 bits per heavy atom. The highest BCUT2D eigenvalue weighted by atomic mass is 16.5. The first-order valence-corrected chi connectivity index (χ1v) is 10.9. The van der Waals surface area contributed by atoms with Gasteiger partial charge in [0.1, 0.15) is 5.75 Å². The average Bonchev–Trinajstić information content (AvgIpc) is 2.78. The maximum absolute atomic E-state index is 12.4. The number of rotatable bonds is 8. The molecule has 0 spiro atoms. The summed E-state index contributed by atoms with van der Waals surface area (Å²) in [6.07, 6.45) is 9.17. The summed E-state index contributed by atoms with van der Waals surface area (Å²) < 4.78 is 10.7. The second kappa shape index (κ2) is 11.2. The molecule has 0 heterocycles. The molecule has 32 heavy (non-hydrogen) atoms. The van der Waals surface area contributed by atoms with Gasteiger partial charge in [0.05, 0.1) is 12.5 Å². The van der Waals surface area contributed by atoms with Crippen molar-refractivity contribution in [3.63, 3.8) is 0 Å². The van der Waals surface area contributed by atoms with Gasteiger partial charge in [-0.25, -0.2) is 4.79 Å². The fraction of sp³-hybridized carbons (Fsp3) is 0.308. The van der Waals surface area contributed by atoms with E-state index in [4.69, 9.17) is 20.9 Å². The molecule has 0 unspecified atom stereocenters. The fourth-order valence-corrected chi connectivity index (χ4v) is 3.81. The van der Waals surface area contributed by atoms with E-state index in [0.717, 1.165) is 36.8 Å². The smallest absolute Gasteiger partial charge is 0.330 e. The Labute approximate surface area is 188 Å². The summed E-state index contributed by atoms with van der Waals surface area (Å²) >= 11 is 0. The molecule has 0 amide bonds. The lowest BCUT2D eigenvalue weighted by Crippen LogP contribution is -2.25. The Kier molecular flexibility index (Phi) is 8.08. The van der Waals surface area contributed by atoms with Crippen molar-refractivity contribution in [3.8, 4) is 5.75 Å². The van der Waals surface area contributed by atoms with E-state index in [0.29, 0.717) is 29.5 Å². The molecule has 0 radical (unpaired) electrons. The van der Waals surface area contributed by atoms with E-state index in [2.05, 4.69) is 6.58 Å². The summed E-state index contributed by atoms with van der Waals surface area (Å²) in [7, 11) is 0. The van der Waals surface area contributed by atoms with Gasteiger partial charge in [0, 0.05) is 23.9 Å². The van der Waals surface area contributed by atoms with Gasteiger partial charge >= 0.3 is 11.9 Å². The first-order valence-electron chi connectivity index (χ1n) is 10.9. The molecule has 6 nitrogen and oxygen atoms in total. The van der Waals surface area contributed by atoms with Crippen molar-refractivity contribution in [3.05, 3.63) is 72.3 Å². The van der Waals surface area contributed by atoms with E-state index >= 15 is 0 Å². The largest absolute Gasteiger partial charge is 0.462 e. The Hall–Kier alpha value is -3.54. The van der Waals surface area contributed by atoms with Crippen LogP contribution >= 0.6 is 0 Å². The predicted molar refractivity (Wildman–Crippen MR) is 127 cm³/mol. The Balaban J connectivity index is 1.42. The topological polar surface area (TPSA) is 105 Å². The molecule has 1 aliphatic rings. The van der Waals surface area contributed by atoms with Crippen LogP contribution in [-0.2, 0) is 20.7 Å². The second-order valence-corrected chi connectivity index (χ2v) is 8.10. The van der Waals surface area contributed by atoms with Crippen molar-refractivity contribution in [2.75, 3.05) is 18.1 Å². The van der Waals surface area contributed by atoms with Crippen molar-refractivity contribution in [1.29, 1.82) is 0 Å². The fourth-order valence-electron chi connectivity index (χ4n) is 3.81. The molecule has 168 valence electrons. The van der Waals surface area contributed by atoms with Gasteiger partial charge < -0.3 is 20.9 Å². The van der Waals surface area contributed by atoms with Gasteiger partial charge in [-0.1, -0.05) is 18.2 Å². The number of nitrogen functional groups attached to an aromatic ring is 2. The third-order valence-electron chi connectivity index (χ3n) is 5.62. The Morgan fingerprint density at radius 3 is 2.28 bits per heavy atom. The average molecular weight is 435 g/mol. The molecule has 0 saturated heterocycles. The van der Waals surface area contributed by atoms with Crippen LogP contribution in [0, 0.1) is 11.8 Å². The number of carbonyl (C=O) groups is 2. The number of hydrogen-bond donors (Lipinski definition) is 2. The second-order valence-electron chi connectivity index (χ2n) is 8.10. The maximum Gasteiger partial charge on any atom is 0.330 e. The molecule has 0 aromatic heterocycles. The molecule has 4 N–H and O–H groups in total. The summed E-state index contributed by atoms with van der Waals surface area (Å²) in [4.78, 5) is 24.3. The third-order valence-corrected chi connectivity index (χ3v) is 5.62. The maximum atomic E-state index is 12.4. The summed E-state index contributed by atoms with van der Waals surface area (Å²) in [6.45, 7) is 4.06. The molecule has 3 rings (SSSR count). The lowest BCUT2D eigenvalue weighted by atomic mass is 9.82. The number of nitrogens with two attached hydrogens (primary N) is 2. The highest BCUT2D eigenvalue weighted by molar-refractivity contribution is 5.87. The standard InChI is InChI=1S/C26H30N2O4/c1-2-18-3-8-21(9-4-18)26(30)32-24-10-5-19(6-11-24)7-12-25(29)31-14-13-20-15-22(27)17-23(28)16-20/h2,5-7,10-12,15-18,21H,1,3-4,8-9,13-14,27-28H2. The molecule has 1 saturated carbocycles. The lowest BCUT2D eigenvalue weighted by molar-refractivity contribution is -0.140. The van der Waals surface area contributed by atoms with Gasteiger partial charge in [0.25, 0.3) is 0 Å². The summed E-state index contributed by atoms with van der Waals surface area (Å²) in [5, 5.41) is 0. The van der Waals surface area contributed by atoms with E-state index in [9.17, 15) is 9.59 Å². The van der Waals surface area contributed by atoms with E-state index in [1.807, 2.05) is 6.08 Å². The minimum absolute atomic E-state index is 0.0516. The monoisotopic (exact) mass is 434 g/mol. The van der Waals surface area contributed by atoms with Crippen LogP contribution in [0.5, 0.6) is 5.75 Å². The SMILES string of the molecule is C=CC1CCC(C(=O)Oc2ccc(C=CC(=O)OCCc3cc(N)cc(N)c3)cc2)CC1. The number of hydrogen-bond acceptors (Lipinski definition) is 6. The first-order chi connectivity index (χ1) is 15.4. The highest BCUT2D eigenvalue weighted by Gasteiger charge is 2.26. The Bertz CT molecular complexity index is 954. The highest BCUT2D eigenvalue weighted by Crippen LogP contribution is 2.30. The van der Waals surface area contributed by atoms with Crippen molar-refractivity contribution in [2.45, 2.75) is 32.1 Å². The quantitative estimate of drug-likeness (QED) is 0.208. The van der Waals surface area contributed by atoms with Crippen LogP contribution in [0.3, 0.4) is 0 Å². The van der Waals surface area contributed by atoms with Crippen molar-refractivity contribution in [1.82, 2.24) is 0 Å². The number of esters is 2. The van der Waals surface area contributed by atoms with Crippen LogP contribution in [0.1, 0.15) is 36.8 Å². The Morgan fingerprint density at radius 2 is 1.66 bits per heavy atom. The van der Waals surface area contributed by atoms with E-state index in [1.165, 1.54) is 6.08 Å². The molecule has 2 aromatic carbocycles. The van der Waals surface area contributed by atoms with Gasteiger partial charge in [-0.2, -0.15) is 0 Å². The minimum Gasteiger partial charge on any atom is -0.462 e. The molecular formula is C26H30N2O4. The molecule has 6 heteroatoms. The third kappa shape index (κ3) is 7.01. The zero-order chi connectivity index (χ0) is 22.9. The molecule has 0 aliphatic heterocycles. The normalized spacial score (nSPS) is 18.2. The molecule has 0 atom stereocenters. The zero-order valence-corrected chi connectivity index (χ0v) is 18.2. The van der Waals surface area contributed by atoms with Crippen LogP contribution in [-0.4, -0.2) is 18.5 Å². The van der Waals surface area contributed by atoms with Gasteiger partial charge in [0.2, 0.25) is 0 Å². The summed E-state index contributed by atoms with van der Waals surface area (Å²) in [6, 6.07) is 12.3. The zero-order valence-electron chi connectivity index (χ0n) is 18.2. The molecule has 1 aliphatic carbocycles. The van der Waals surface area contributed by atoms with Gasteiger partial charge in [-0.3, -0.25) is 4.79 Å². The number of allylic oxidation sites excluding steroid dienone is 1. The van der Waals surface area contributed by atoms with Crippen molar-refractivity contribution >= 4 is 29.4 Å². The number of benzene rings is 2. The molecular weight excluding hydrogens is 404 g/mol. The molecule has 2 aromatic rings. The van der Waals surface area contributed by atoms with Gasteiger partial charge in [0.15, 0.2) is 0 Å². The summed E-state index contributed by atoms with van der Waals surface area (Å²) in [5.74, 6) is 0.341. The van der Waals surface area contributed by atoms with Crippen LogP contribution in [0.4, 0.5) is 11.4 Å². The number of carbonyl (C=O) groups excluding carboxylic acids is 2. The lowest BCUT2D eigenvalue weighted by Gasteiger charge is -2.24.